The summed E-state index contributed by atoms with van der Waals surface area (Å²) < 4.78 is 0. The minimum absolute atomic E-state index is 0.0870. The Morgan fingerprint density at radius 1 is 1.11 bits per heavy atom. The second-order valence-electron chi connectivity index (χ2n) is 4.26. The summed E-state index contributed by atoms with van der Waals surface area (Å²) in [5.74, 6) is 0. The van der Waals surface area contributed by atoms with Gasteiger partial charge in [-0.2, -0.15) is 0 Å². The van der Waals surface area contributed by atoms with Gasteiger partial charge in [0.15, 0.2) is 0 Å². The Labute approximate surface area is 109 Å². The predicted molar refractivity (Wildman–Crippen MR) is 73.5 cm³/mol. The molecular weight excluding hydrogens is 242 g/mol. The number of nitrogens with zero attached hydrogens (tertiary/aromatic N) is 2. The first-order valence-electron chi connectivity index (χ1n) is 5.87. The Bertz CT molecular complexity index is 650. The SMILES string of the molecule is O=[N+]([O-])c1ccc(C2N=Cc3ccccc3N2)cc1. The van der Waals surface area contributed by atoms with Gasteiger partial charge in [-0.05, 0) is 23.8 Å². The Hall–Kier alpha value is -2.69. The molecule has 1 N–H and O–H groups in total. The lowest BCUT2D eigenvalue weighted by atomic mass is 10.1. The van der Waals surface area contributed by atoms with Gasteiger partial charge in [0, 0.05) is 29.6 Å². The molecule has 0 saturated carbocycles. The number of nitrogens with one attached hydrogen (secondary N) is 1. The van der Waals surface area contributed by atoms with Gasteiger partial charge in [0.05, 0.1) is 4.92 Å². The summed E-state index contributed by atoms with van der Waals surface area (Å²) in [5.41, 5.74) is 3.04. The van der Waals surface area contributed by atoms with Crippen LogP contribution in [-0.2, 0) is 0 Å². The number of nitro groups is 1. The van der Waals surface area contributed by atoms with Crippen molar-refractivity contribution >= 4 is 17.6 Å². The Morgan fingerprint density at radius 2 is 1.84 bits per heavy atom. The fourth-order valence-electron chi connectivity index (χ4n) is 2.03. The molecule has 0 spiro atoms. The first kappa shape index (κ1) is 11.4. The third-order valence-corrected chi connectivity index (χ3v) is 3.04. The quantitative estimate of drug-likeness (QED) is 0.660. The summed E-state index contributed by atoms with van der Waals surface area (Å²) in [6.45, 7) is 0. The molecule has 5 nitrogen and oxygen atoms in total. The van der Waals surface area contributed by atoms with Gasteiger partial charge in [0.1, 0.15) is 6.17 Å². The molecule has 0 amide bonds. The Balaban J connectivity index is 1.87. The van der Waals surface area contributed by atoms with Crippen molar-refractivity contribution in [2.45, 2.75) is 6.17 Å². The minimum atomic E-state index is -0.406. The van der Waals surface area contributed by atoms with E-state index in [1.807, 2.05) is 30.5 Å². The van der Waals surface area contributed by atoms with Crippen LogP contribution in [0.2, 0.25) is 0 Å². The zero-order chi connectivity index (χ0) is 13.2. The third-order valence-electron chi connectivity index (χ3n) is 3.04. The van der Waals surface area contributed by atoms with Crippen LogP contribution < -0.4 is 5.32 Å². The number of nitro benzene ring substituents is 1. The molecular formula is C14H11N3O2. The molecule has 0 radical (unpaired) electrons. The van der Waals surface area contributed by atoms with Gasteiger partial charge in [0.25, 0.3) is 5.69 Å². The van der Waals surface area contributed by atoms with Gasteiger partial charge in [-0.3, -0.25) is 15.1 Å². The lowest BCUT2D eigenvalue weighted by molar-refractivity contribution is -0.384. The van der Waals surface area contributed by atoms with Gasteiger partial charge >= 0.3 is 0 Å². The maximum atomic E-state index is 10.6. The largest absolute Gasteiger partial charge is 0.360 e. The summed E-state index contributed by atoms with van der Waals surface area (Å²) in [6.07, 6.45) is 1.62. The van der Waals surface area contributed by atoms with E-state index >= 15 is 0 Å². The van der Waals surface area contributed by atoms with Crippen molar-refractivity contribution in [1.29, 1.82) is 0 Å². The fraction of sp³-hybridized carbons (Fsp3) is 0.0714. The maximum absolute atomic E-state index is 10.6. The molecule has 1 atom stereocenters. The monoisotopic (exact) mass is 253 g/mol. The topological polar surface area (TPSA) is 67.5 Å². The highest BCUT2D eigenvalue weighted by Crippen LogP contribution is 2.27. The second-order valence-corrected chi connectivity index (χ2v) is 4.26. The molecule has 3 rings (SSSR count). The smallest absolute Gasteiger partial charge is 0.269 e. The highest BCUT2D eigenvalue weighted by atomic mass is 16.6. The van der Waals surface area contributed by atoms with Crippen molar-refractivity contribution in [2.75, 3.05) is 5.32 Å². The van der Waals surface area contributed by atoms with Gasteiger partial charge in [-0.15, -0.1) is 0 Å². The average molecular weight is 253 g/mol. The maximum Gasteiger partial charge on any atom is 0.269 e. The van der Waals surface area contributed by atoms with Crippen molar-refractivity contribution in [3.63, 3.8) is 0 Å². The predicted octanol–water partition coefficient (Wildman–Crippen LogP) is 3.14. The number of fused-ring (bicyclic) bond motifs is 1. The van der Waals surface area contributed by atoms with Crippen LogP contribution in [0.1, 0.15) is 17.3 Å². The van der Waals surface area contributed by atoms with Gasteiger partial charge in [-0.25, -0.2) is 0 Å². The molecule has 94 valence electrons. The van der Waals surface area contributed by atoms with E-state index in [2.05, 4.69) is 10.3 Å². The van der Waals surface area contributed by atoms with E-state index in [0.29, 0.717) is 0 Å². The van der Waals surface area contributed by atoms with Crippen LogP contribution in [0.5, 0.6) is 0 Å². The molecule has 1 heterocycles. The van der Waals surface area contributed by atoms with Gasteiger partial charge in [-0.1, -0.05) is 18.2 Å². The molecule has 1 aliphatic rings. The zero-order valence-corrected chi connectivity index (χ0v) is 9.98. The minimum Gasteiger partial charge on any atom is -0.360 e. The number of anilines is 1. The van der Waals surface area contributed by atoms with E-state index in [1.165, 1.54) is 12.1 Å². The highest BCUT2D eigenvalue weighted by molar-refractivity contribution is 5.89. The van der Waals surface area contributed by atoms with E-state index in [4.69, 9.17) is 0 Å². The highest BCUT2D eigenvalue weighted by Gasteiger charge is 2.15. The van der Waals surface area contributed by atoms with Crippen LogP contribution >= 0.6 is 0 Å². The van der Waals surface area contributed by atoms with E-state index < -0.39 is 4.92 Å². The summed E-state index contributed by atoms with van der Waals surface area (Å²) in [5, 5.41) is 13.9. The van der Waals surface area contributed by atoms with Crippen LogP contribution in [0.15, 0.2) is 53.5 Å². The summed E-state index contributed by atoms with van der Waals surface area (Å²) in [7, 11) is 0. The van der Waals surface area contributed by atoms with Crippen molar-refractivity contribution in [2.24, 2.45) is 4.99 Å². The standard InChI is InChI=1S/C14H11N3O2/c18-17(19)12-7-5-10(6-8-12)14-15-9-11-3-1-2-4-13(11)16-14/h1-9,14,16H. The van der Waals surface area contributed by atoms with Crippen molar-refractivity contribution in [3.8, 4) is 0 Å². The molecule has 1 unspecified atom stereocenters. The number of rotatable bonds is 2. The number of aliphatic imine (C=N–C) groups is 1. The molecule has 2 aromatic rings. The van der Waals surface area contributed by atoms with Crippen molar-refractivity contribution < 1.29 is 4.92 Å². The molecule has 0 bridgehead atoms. The molecule has 0 fully saturated rings. The molecule has 5 heteroatoms. The molecule has 2 aromatic carbocycles. The molecule has 0 aliphatic carbocycles. The molecule has 19 heavy (non-hydrogen) atoms. The number of benzene rings is 2. The second kappa shape index (κ2) is 4.53. The van der Waals surface area contributed by atoms with Crippen LogP contribution in [0, 0.1) is 10.1 Å². The van der Waals surface area contributed by atoms with E-state index in [9.17, 15) is 10.1 Å². The number of hydrogen-bond donors (Lipinski definition) is 1. The van der Waals surface area contributed by atoms with E-state index in [-0.39, 0.29) is 11.9 Å². The molecule has 0 saturated heterocycles. The number of para-hydroxylation sites is 1. The van der Waals surface area contributed by atoms with Crippen LogP contribution in [-0.4, -0.2) is 11.1 Å². The number of hydrogen-bond acceptors (Lipinski definition) is 4. The number of non-ortho nitro benzene ring substituents is 1. The summed E-state index contributed by atoms with van der Waals surface area (Å²) >= 11 is 0. The van der Waals surface area contributed by atoms with E-state index in [1.54, 1.807) is 12.1 Å². The van der Waals surface area contributed by atoms with Gasteiger partial charge in [0.2, 0.25) is 0 Å². The summed E-state index contributed by atoms with van der Waals surface area (Å²) in [4.78, 5) is 14.6. The van der Waals surface area contributed by atoms with Gasteiger partial charge < -0.3 is 5.32 Å². The first-order valence-corrected chi connectivity index (χ1v) is 5.87. The third kappa shape index (κ3) is 2.18. The lowest BCUT2D eigenvalue weighted by Crippen LogP contribution is -2.14. The Kier molecular flexibility index (Phi) is 2.72. The van der Waals surface area contributed by atoms with Crippen molar-refractivity contribution in [3.05, 3.63) is 69.8 Å². The molecule has 0 aromatic heterocycles. The van der Waals surface area contributed by atoms with Crippen molar-refractivity contribution in [1.82, 2.24) is 0 Å². The van der Waals surface area contributed by atoms with Crippen LogP contribution in [0.3, 0.4) is 0 Å². The Morgan fingerprint density at radius 3 is 2.58 bits per heavy atom. The van der Waals surface area contributed by atoms with Crippen LogP contribution in [0.25, 0.3) is 0 Å². The first-order chi connectivity index (χ1) is 9.24. The lowest BCUT2D eigenvalue weighted by Gasteiger charge is -2.21. The average Bonchev–Trinajstić information content (AvgIpc) is 2.47. The van der Waals surface area contributed by atoms with E-state index in [0.717, 1.165) is 16.8 Å². The molecule has 1 aliphatic heterocycles. The summed E-state index contributed by atoms with van der Waals surface area (Å²) in [6, 6.07) is 14.3. The zero-order valence-electron chi connectivity index (χ0n) is 9.98. The normalized spacial score (nSPS) is 16.5. The fourth-order valence-corrected chi connectivity index (χ4v) is 2.03. The van der Waals surface area contributed by atoms with Crippen LogP contribution in [0.4, 0.5) is 11.4 Å².